The summed E-state index contributed by atoms with van der Waals surface area (Å²) in [5.74, 6) is -37.9. The van der Waals surface area contributed by atoms with Crippen LogP contribution in [0.3, 0.4) is 0 Å². The second-order valence-corrected chi connectivity index (χ2v) is 7.31. The van der Waals surface area contributed by atoms with E-state index in [1.54, 1.807) is 0 Å². The molecule has 2 nitrogen and oxygen atoms in total. The van der Waals surface area contributed by atoms with Crippen LogP contribution in [0.2, 0.25) is 0 Å². The SMILES string of the molecule is CCCCCCC(=O)Nc1ccc(C(F)(F)C(F)(F)C(F)(F)C(F)(F)C(F)(F)C(F)(F)F)cc1. The van der Waals surface area contributed by atoms with Gasteiger partial charge in [-0.15, -0.1) is 0 Å². The van der Waals surface area contributed by atoms with E-state index in [1.165, 1.54) is 0 Å². The molecule has 0 fully saturated rings. The smallest absolute Gasteiger partial charge is 0.326 e. The number of hydrogen-bond acceptors (Lipinski definition) is 1. The molecule has 0 aliphatic carbocycles. The number of halogens is 13. The van der Waals surface area contributed by atoms with Crippen molar-refractivity contribution < 1.29 is 61.9 Å². The first-order chi connectivity index (χ1) is 15.2. The van der Waals surface area contributed by atoms with Gasteiger partial charge >= 0.3 is 35.8 Å². The fourth-order valence-corrected chi connectivity index (χ4v) is 2.65. The highest BCUT2D eigenvalue weighted by Crippen LogP contribution is 2.62. The Balaban J connectivity index is 3.19. The van der Waals surface area contributed by atoms with Crippen LogP contribution in [0.5, 0.6) is 0 Å². The van der Waals surface area contributed by atoms with E-state index in [4.69, 9.17) is 0 Å². The lowest BCUT2D eigenvalue weighted by Crippen LogP contribution is -2.69. The van der Waals surface area contributed by atoms with Gasteiger partial charge in [-0.3, -0.25) is 4.79 Å². The molecule has 0 aromatic heterocycles. The van der Waals surface area contributed by atoms with Crippen LogP contribution in [0.25, 0.3) is 0 Å². The number of hydrogen-bond donors (Lipinski definition) is 1. The summed E-state index contributed by atoms with van der Waals surface area (Å²) < 4.78 is 172. The van der Waals surface area contributed by atoms with Gasteiger partial charge in [-0.2, -0.15) is 57.1 Å². The Morgan fingerprint density at radius 3 is 1.59 bits per heavy atom. The number of carbonyl (C=O) groups excluding carboxylic acids is 1. The lowest BCUT2D eigenvalue weighted by Gasteiger charge is -2.39. The first-order valence-electron chi connectivity index (χ1n) is 9.54. The Hall–Kier alpha value is -2.22. The predicted molar refractivity (Wildman–Crippen MR) is 93.6 cm³/mol. The van der Waals surface area contributed by atoms with E-state index in [1.807, 2.05) is 6.92 Å². The van der Waals surface area contributed by atoms with Gasteiger partial charge in [0.05, 0.1) is 0 Å². The van der Waals surface area contributed by atoms with Crippen LogP contribution in [-0.4, -0.2) is 35.8 Å². The summed E-state index contributed by atoms with van der Waals surface area (Å²) in [5.41, 5.74) is -2.40. The summed E-state index contributed by atoms with van der Waals surface area (Å²) in [6.07, 6.45) is -4.64. The van der Waals surface area contributed by atoms with Gasteiger partial charge in [0.25, 0.3) is 0 Å². The molecule has 0 spiro atoms. The fourth-order valence-electron chi connectivity index (χ4n) is 2.65. The van der Waals surface area contributed by atoms with Crippen LogP contribution in [0.4, 0.5) is 62.8 Å². The number of amides is 1. The van der Waals surface area contributed by atoms with Crippen LogP contribution in [-0.2, 0) is 10.7 Å². The zero-order chi connectivity index (χ0) is 26.8. The van der Waals surface area contributed by atoms with Crippen LogP contribution in [0, 0.1) is 0 Å². The molecule has 0 heterocycles. The predicted octanol–water partition coefficient (Wildman–Crippen LogP) is 7.79. The molecule has 0 unspecified atom stereocenters. The maximum absolute atomic E-state index is 14.1. The van der Waals surface area contributed by atoms with Gasteiger partial charge in [-0.1, -0.05) is 38.3 Å². The van der Waals surface area contributed by atoms with Crippen molar-refractivity contribution >= 4 is 11.6 Å². The molecule has 1 aromatic carbocycles. The molecule has 1 aromatic rings. The van der Waals surface area contributed by atoms with Crippen LogP contribution in [0.1, 0.15) is 44.6 Å². The van der Waals surface area contributed by atoms with Crippen LogP contribution in [0.15, 0.2) is 24.3 Å². The Morgan fingerprint density at radius 2 is 1.15 bits per heavy atom. The summed E-state index contributed by atoms with van der Waals surface area (Å²) in [6, 6.07) is 1.00. The molecule has 1 rings (SSSR count). The van der Waals surface area contributed by atoms with Gasteiger partial charge in [0.2, 0.25) is 5.91 Å². The van der Waals surface area contributed by atoms with Gasteiger partial charge in [0, 0.05) is 17.7 Å². The summed E-state index contributed by atoms with van der Waals surface area (Å²) in [6.45, 7) is 1.90. The number of carbonyl (C=O) groups is 1. The van der Waals surface area contributed by atoms with E-state index in [-0.39, 0.29) is 24.2 Å². The van der Waals surface area contributed by atoms with Crippen LogP contribution < -0.4 is 5.32 Å². The van der Waals surface area contributed by atoms with Crippen LogP contribution >= 0.6 is 0 Å². The molecule has 0 saturated heterocycles. The third-order valence-electron chi connectivity index (χ3n) is 4.72. The second-order valence-electron chi connectivity index (χ2n) is 7.31. The highest BCUT2D eigenvalue weighted by molar-refractivity contribution is 5.90. The van der Waals surface area contributed by atoms with Gasteiger partial charge in [0.15, 0.2) is 0 Å². The molecule has 0 bridgehead atoms. The minimum absolute atomic E-state index is 0.00324. The van der Waals surface area contributed by atoms with Crippen molar-refractivity contribution in [3.8, 4) is 0 Å². The lowest BCUT2D eigenvalue weighted by atomic mass is 9.90. The first kappa shape index (κ1) is 29.8. The number of benzene rings is 1. The molecule has 15 heteroatoms. The van der Waals surface area contributed by atoms with E-state index in [2.05, 4.69) is 5.32 Å². The highest BCUT2D eigenvalue weighted by Gasteiger charge is 2.90. The minimum Gasteiger partial charge on any atom is -0.326 e. The van der Waals surface area contributed by atoms with Crippen molar-refractivity contribution in [3.05, 3.63) is 29.8 Å². The van der Waals surface area contributed by atoms with Gasteiger partial charge < -0.3 is 5.32 Å². The normalized spacial score (nSPS) is 14.3. The van der Waals surface area contributed by atoms with E-state index >= 15 is 0 Å². The van der Waals surface area contributed by atoms with E-state index in [0.717, 1.165) is 12.8 Å². The van der Waals surface area contributed by atoms with Crippen molar-refractivity contribution in [2.45, 2.75) is 74.8 Å². The second kappa shape index (κ2) is 9.80. The average Bonchev–Trinajstić information content (AvgIpc) is 2.70. The number of nitrogens with one attached hydrogen (secondary N) is 1. The van der Waals surface area contributed by atoms with E-state index in [9.17, 15) is 61.9 Å². The Morgan fingerprint density at radius 1 is 0.676 bits per heavy atom. The lowest BCUT2D eigenvalue weighted by molar-refractivity contribution is -0.441. The summed E-state index contributed by atoms with van der Waals surface area (Å²) in [7, 11) is 0. The van der Waals surface area contributed by atoms with Gasteiger partial charge in [0.1, 0.15) is 0 Å². The molecule has 196 valence electrons. The standard InChI is InChI=1S/C19H18F13NO/c1-2-3-4-5-6-13(34)33-12-9-7-11(8-10-12)14(20,21)15(22,23)16(24,25)17(26,27)18(28,29)19(30,31)32/h7-10H,2-6H2,1H3,(H,33,34). The maximum Gasteiger partial charge on any atom is 0.460 e. The molecule has 0 saturated carbocycles. The third-order valence-corrected chi connectivity index (χ3v) is 4.72. The minimum atomic E-state index is -7.95. The molecule has 0 radical (unpaired) electrons. The van der Waals surface area contributed by atoms with Crippen molar-refractivity contribution in [3.63, 3.8) is 0 Å². The zero-order valence-corrected chi connectivity index (χ0v) is 17.2. The molecule has 1 amide bonds. The third kappa shape index (κ3) is 5.21. The quantitative estimate of drug-likeness (QED) is 0.233. The molecule has 1 N–H and O–H groups in total. The average molecular weight is 523 g/mol. The van der Waals surface area contributed by atoms with Crippen molar-refractivity contribution in [2.24, 2.45) is 0 Å². The Kier molecular flexibility index (Phi) is 8.59. The molecular weight excluding hydrogens is 505 g/mol. The Bertz CT molecular complexity index is 832. The van der Waals surface area contributed by atoms with Gasteiger partial charge in [-0.25, -0.2) is 0 Å². The summed E-state index contributed by atoms with van der Waals surface area (Å²) >= 11 is 0. The summed E-state index contributed by atoms with van der Waals surface area (Å²) in [4.78, 5) is 11.7. The fraction of sp³-hybridized carbons (Fsp3) is 0.632. The molecule has 0 aliphatic rings. The summed E-state index contributed by atoms with van der Waals surface area (Å²) in [5, 5.41) is 2.16. The largest absolute Gasteiger partial charge is 0.460 e. The van der Waals surface area contributed by atoms with Crippen molar-refractivity contribution in [1.82, 2.24) is 0 Å². The first-order valence-corrected chi connectivity index (χ1v) is 9.54. The molecule has 0 aliphatic heterocycles. The van der Waals surface area contributed by atoms with Gasteiger partial charge in [-0.05, 0) is 18.6 Å². The molecular formula is C19H18F13NO. The number of rotatable bonds is 11. The Labute approximate surface area is 184 Å². The van der Waals surface area contributed by atoms with E-state index < -0.39 is 47.3 Å². The molecule has 34 heavy (non-hydrogen) atoms. The number of anilines is 1. The zero-order valence-electron chi connectivity index (χ0n) is 17.2. The van der Waals surface area contributed by atoms with E-state index in [0.29, 0.717) is 25.0 Å². The molecule has 0 atom stereocenters. The topological polar surface area (TPSA) is 29.1 Å². The number of alkyl halides is 13. The monoisotopic (exact) mass is 523 g/mol. The number of unbranched alkanes of at least 4 members (excludes halogenated alkanes) is 3. The van der Waals surface area contributed by atoms with Crippen molar-refractivity contribution in [1.29, 1.82) is 0 Å². The highest BCUT2D eigenvalue weighted by atomic mass is 19.4. The van der Waals surface area contributed by atoms with Crippen molar-refractivity contribution in [2.75, 3.05) is 5.32 Å². The maximum atomic E-state index is 14.1.